The number of nitrogens with one attached hydrogen (secondary N) is 1. The van der Waals surface area contributed by atoms with Crippen LogP contribution in [0, 0.1) is 5.41 Å². The van der Waals surface area contributed by atoms with Gasteiger partial charge < -0.3 is 10.2 Å². The molecule has 0 saturated carbocycles. The summed E-state index contributed by atoms with van der Waals surface area (Å²) < 4.78 is 0. The minimum absolute atomic E-state index is 0.278. The smallest absolute Gasteiger partial charge is 0.124 e. The number of hydrogen-bond acceptors (Lipinski definition) is 2. The second-order valence-corrected chi connectivity index (χ2v) is 8.69. The Morgan fingerprint density at radius 1 is 1.40 bits per heavy atom. The van der Waals surface area contributed by atoms with Gasteiger partial charge in [0.2, 0.25) is 0 Å². The van der Waals surface area contributed by atoms with Crippen LogP contribution in [0.25, 0.3) is 0 Å². The van der Waals surface area contributed by atoms with Gasteiger partial charge in [-0.15, -0.1) is 0 Å². The molecule has 0 bridgehead atoms. The Morgan fingerprint density at radius 3 is 1.90 bits per heavy atom. The van der Waals surface area contributed by atoms with E-state index in [0.29, 0.717) is 12.1 Å². The molecule has 0 heterocycles. The molecule has 0 aliphatic heterocycles. The fourth-order valence-corrected chi connectivity index (χ4v) is 1.30. The Balaban J connectivity index is 3.99. The zero-order chi connectivity index (χ0) is 8.36. The molecule has 0 rings (SSSR count). The molecule has 0 aromatic heterocycles. The molecule has 0 fully saturated rings. The Kier molecular flexibility index (Phi) is 2.96. The second kappa shape index (κ2) is 3.10. The van der Waals surface area contributed by atoms with E-state index in [2.05, 4.69) is 0 Å². The quantitative estimate of drug-likeness (QED) is 0.493. The normalized spacial score (nSPS) is 11.2. The summed E-state index contributed by atoms with van der Waals surface area (Å²) >= 11 is 0. The van der Waals surface area contributed by atoms with E-state index < -0.39 is 8.07 Å². The molecule has 0 aliphatic carbocycles. The average Bonchev–Trinajstić information content (AvgIpc) is 1.60. The first kappa shape index (κ1) is 9.56. The van der Waals surface area contributed by atoms with Crippen LogP contribution in [-0.2, 0) is 4.79 Å². The molecule has 2 nitrogen and oxygen atoms in total. The van der Waals surface area contributed by atoms with Crippen molar-refractivity contribution in [2.45, 2.75) is 33.0 Å². The number of carbonyl (C=O) groups is 1. The minimum atomic E-state index is -1.60. The van der Waals surface area contributed by atoms with E-state index in [0.717, 1.165) is 0 Å². The van der Waals surface area contributed by atoms with Gasteiger partial charge in [0.25, 0.3) is 0 Å². The summed E-state index contributed by atoms with van der Waals surface area (Å²) in [6.45, 7) is 7.72. The minimum Gasteiger partial charge on any atom is -0.310 e. The van der Waals surface area contributed by atoms with Crippen molar-refractivity contribution in [2.24, 2.45) is 0 Å². The molecule has 0 saturated heterocycles. The molecule has 3 heteroatoms. The van der Waals surface area contributed by atoms with Crippen LogP contribution in [0.5, 0.6) is 0 Å². The van der Waals surface area contributed by atoms with Crippen molar-refractivity contribution < 1.29 is 4.79 Å². The summed E-state index contributed by atoms with van der Waals surface area (Å²) in [6, 6.07) is 0. The zero-order valence-electron chi connectivity index (χ0n) is 7.12. The molecule has 0 aromatic carbocycles. The van der Waals surface area contributed by atoms with Gasteiger partial charge in [-0.3, -0.25) is 0 Å². The lowest BCUT2D eigenvalue weighted by molar-refractivity contribution is -0.111. The lowest BCUT2D eigenvalue weighted by Gasteiger charge is -2.12. The summed E-state index contributed by atoms with van der Waals surface area (Å²) in [6.07, 6.45) is 0.357. The topological polar surface area (TPSA) is 40.9 Å². The molecule has 0 aromatic rings. The fraction of sp³-hybridized carbons (Fsp3) is 0.714. The Bertz CT molecular complexity index is 157. The highest BCUT2D eigenvalue weighted by atomic mass is 28.3. The highest BCUT2D eigenvalue weighted by molar-refractivity contribution is 7.03. The molecule has 0 spiro atoms. The molecule has 0 amide bonds. The van der Waals surface area contributed by atoms with E-state index in [1.165, 1.54) is 0 Å². The predicted molar refractivity (Wildman–Crippen MR) is 46.4 cm³/mol. The third kappa shape index (κ3) is 3.56. The number of rotatable bonds is 3. The monoisotopic (exact) mass is 157 g/mol. The highest BCUT2D eigenvalue weighted by Gasteiger charge is 2.23. The van der Waals surface area contributed by atoms with Gasteiger partial charge in [-0.05, 0) is 6.92 Å². The molecule has 0 aliphatic rings. The zero-order valence-corrected chi connectivity index (χ0v) is 8.12. The lowest BCUT2D eigenvalue weighted by Crippen LogP contribution is -2.34. The van der Waals surface area contributed by atoms with Gasteiger partial charge in [-0.25, -0.2) is 0 Å². The van der Waals surface area contributed by atoms with E-state index in [1.54, 1.807) is 6.92 Å². The van der Waals surface area contributed by atoms with Crippen LogP contribution < -0.4 is 0 Å². The summed E-state index contributed by atoms with van der Waals surface area (Å²) in [7, 11) is -1.60. The standard InChI is InChI=1S/C7H15NOSi/c1-6(8)5-7(9)10(2,3)4/h8H,5H2,1-4H3. The fourth-order valence-electron chi connectivity index (χ4n) is 0.506. The molecule has 0 atom stereocenters. The van der Waals surface area contributed by atoms with Crippen molar-refractivity contribution in [3.8, 4) is 0 Å². The van der Waals surface area contributed by atoms with Crippen molar-refractivity contribution >= 4 is 19.2 Å². The first-order valence-corrected chi connectivity index (χ1v) is 6.91. The summed E-state index contributed by atoms with van der Waals surface area (Å²) in [4.78, 5) is 11.2. The van der Waals surface area contributed by atoms with Gasteiger partial charge in [0.15, 0.2) is 0 Å². The molecule has 10 heavy (non-hydrogen) atoms. The van der Waals surface area contributed by atoms with Gasteiger partial charge >= 0.3 is 0 Å². The summed E-state index contributed by atoms with van der Waals surface area (Å²) in [5, 5.41) is 7.38. The van der Waals surface area contributed by atoms with Crippen LogP contribution in [0.4, 0.5) is 0 Å². The van der Waals surface area contributed by atoms with Crippen LogP contribution >= 0.6 is 0 Å². The van der Waals surface area contributed by atoms with Crippen LogP contribution in [0.15, 0.2) is 0 Å². The van der Waals surface area contributed by atoms with Crippen LogP contribution in [0.1, 0.15) is 13.3 Å². The Morgan fingerprint density at radius 2 is 1.80 bits per heavy atom. The molecule has 58 valence electrons. The second-order valence-electron chi connectivity index (χ2n) is 3.63. The van der Waals surface area contributed by atoms with Crippen LogP contribution in [0.3, 0.4) is 0 Å². The van der Waals surface area contributed by atoms with Crippen molar-refractivity contribution in [3.63, 3.8) is 0 Å². The Labute approximate surface area is 63.2 Å². The first-order chi connectivity index (χ1) is 4.34. The van der Waals surface area contributed by atoms with Crippen molar-refractivity contribution in [3.05, 3.63) is 0 Å². The third-order valence-corrected chi connectivity index (χ3v) is 3.11. The van der Waals surface area contributed by atoms with E-state index in [9.17, 15) is 4.79 Å². The van der Waals surface area contributed by atoms with Gasteiger partial charge in [0.05, 0.1) is 0 Å². The van der Waals surface area contributed by atoms with Crippen LogP contribution in [-0.4, -0.2) is 19.2 Å². The van der Waals surface area contributed by atoms with Crippen molar-refractivity contribution in [2.75, 3.05) is 0 Å². The lowest BCUT2D eigenvalue weighted by atomic mass is 10.3. The van der Waals surface area contributed by atoms with E-state index in [1.807, 2.05) is 19.6 Å². The Hall–Kier alpha value is -0.443. The maximum Gasteiger partial charge on any atom is 0.124 e. The average molecular weight is 157 g/mol. The van der Waals surface area contributed by atoms with Gasteiger partial charge in [0.1, 0.15) is 13.5 Å². The van der Waals surface area contributed by atoms with Crippen molar-refractivity contribution in [1.82, 2.24) is 0 Å². The predicted octanol–water partition coefficient (Wildman–Crippen LogP) is 1.86. The molecular formula is C7H15NOSi. The molecule has 0 unspecified atom stereocenters. The highest BCUT2D eigenvalue weighted by Crippen LogP contribution is 2.04. The summed E-state index contributed by atoms with van der Waals surface area (Å²) in [5.41, 5.74) is 0.479. The largest absolute Gasteiger partial charge is 0.310 e. The molecule has 1 N–H and O–H groups in total. The first-order valence-electron chi connectivity index (χ1n) is 3.41. The van der Waals surface area contributed by atoms with E-state index in [-0.39, 0.29) is 5.41 Å². The van der Waals surface area contributed by atoms with Gasteiger partial charge in [-0.1, -0.05) is 19.6 Å². The number of hydrogen-bond donors (Lipinski definition) is 1. The maximum atomic E-state index is 11.2. The van der Waals surface area contributed by atoms with Crippen molar-refractivity contribution in [1.29, 1.82) is 5.41 Å². The SMILES string of the molecule is CC(=N)CC(=O)[Si](C)(C)C. The molecular weight excluding hydrogens is 142 g/mol. The van der Waals surface area contributed by atoms with Gasteiger partial charge in [0, 0.05) is 12.1 Å². The van der Waals surface area contributed by atoms with Gasteiger partial charge in [-0.2, -0.15) is 0 Å². The third-order valence-electron chi connectivity index (χ3n) is 1.26. The van der Waals surface area contributed by atoms with Crippen LogP contribution in [0.2, 0.25) is 19.6 Å². The summed E-state index contributed by atoms with van der Waals surface area (Å²) in [5.74, 6) is 0. The van der Waals surface area contributed by atoms with E-state index >= 15 is 0 Å². The maximum absolute atomic E-state index is 11.2. The number of carbonyl (C=O) groups excluding carboxylic acids is 1. The molecule has 0 radical (unpaired) electrons. The van der Waals surface area contributed by atoms with E-state index in [4.69, 9.17) is 5.41 Å².